The minimum atomic E-state index is -0.620. The van der Waals surface area contributed by atoms with Gasteiger partial charge >= 0.3 is 5.97 Å². The molecular weight excluding hydrogens is 316 g/mol. The number of aryl methyl sites for hydroxylation is 1. The van der Waals surface area contributed by atoms with Crippen molar-refractivity contribution in [2.75, 3.05) is 19.0 Å². The Balaban J connectivity index is 1.94. The summed E-state index contributed by atoms with van der Waals surface area (Å²) in [5.41, 5.74) is 1.57. The quantitative estimate of drug-likeness (QED) is 0.852. The highest BCUT2D eigenvalue weighted by molar-refractivity contribution is 7.14. The first-order chi connectivity index (χ1) is 11.0. The third kappa shape index (κ3) is 4.08. The molecule has 1 aromatic heterocycles. The van der Waals surface area contributed by atoms with E-state index >= 15 is 0 Å². The van der Waals surface area contributed by atoms with E-state index in [0.29, 0.717) is 21.9 Å². The van der Waals surface area contributed by atoms with Gasteiger partial charge < -0.3 is 14.8 Å². The number of carbonyl (C=O) groups is 2. The second-order valence-corrected chi connectivity index (χ2v) is 5.50. The summed E-state index contributed by atoms with van der Waals surface area (Å²) < 4.78 is 10.1. The van der Waals surface area contributed by atoms with Gasteiger partial charge in [-0.2, -0.15) is 5.26 Å². The molecule has 0 unspecified atom stereocenters. The predicted molar refractivity (Wildman–Crippen MR) is 85.7 cm³/mol. The number of benzene rings is 1. The van der Waals surface area contributed by atoms with Crippen molar-refractivity contribution in [3.05, 3.63) is 46.3 Å². The lowest BCUT2D eigenvalue weighted by Crippen LogP contribution is -2.20. The lowest BCUT2D eigenvalue weighted by atomic mass is 10.1. The summed E-state index contributed by atoms with van der Waals surface area (Å²) in [5, 5.41) is 13.5. The first kappa shape index (κ1) is 16.5. The van der Waals surface area contributed by atoms with Crippen molar-refractivity contribution in [2.45, 2.75) is 6.92 Å². The first-order valence-corrected chi connectivity index (χ1v) is 7.52. The first-order valence-electron chi connectivity index (χ1n) is 6.64. The lowest BCUT2D eigenvalue weighted by molar-refractivity contribution is -0.119. The molecule has 23 heavy (non-hydrogen) atoms. The molecule has 0 bridgehead atoms. The van der Waals surface area contributed by atoms with Crippen LogP contribution in [0.2, 0.25) is 0 Å². The van der Waals surface area contributed by atoms with E-state index in [0.717, 1.165) is 5.56 Å². The van der Waals surface area contributed by atoms with Crippen LogP contribution in [0.3, 0.4) is 0 Å². The summed E-state index contributed by atoms with van der Waals surface area (Å²) in [4.78, 5) is 23.7. The number of hydrogen-bond acceptors (Lipinski definition) is 6. The van der Waals surface area contributed by atoms with Crippen molar-refractivity contribution in [3.8, 4) is 11.8 Å². The highest BCUT2D eigenvalue weighted by Crippen LogP contribution is 2.22. The number of ether oxygens (including phenoxy) is 2. The molecule has 0 aliphatic heterocycles. The molecular formula is C16H14N2O4S. The molecule has 0 radical (unpaired) electrons. The van der Waals surface area contributed by atoms with Gasteiger partial charge in [0.05, 0.1) is 18.2 Å². The standard InChI is InChI=1S/C16H14N2O4S/c1-10-3-4-11(7-13(10)21-2)16(20)22-9-14(19)18-15-12(8-17)5-6-23-15/h3-7H,9H2,1-2H3,(H,18,19). The molecule has 0 saturated heterocycles. The van der Waals surface area contributed by atoms with Crippen LogP contribution in [-0.2, 0) is 9.53 Å². The Bertz CT molecular complexity index is 777. The summed E-state index contributed by atoms with van der Waals surface area (Å²) in [5.74, 6) is -0.553. The second kappa shape index (κ2) is 7.42. The van der Waals surface area contributed by atoms with Crippen LogP contribution in [0.4, 0.5) is 5.00 Å². The monoisotopic (exact) mass is 330 g/mol. The number of amides is 1. The average molecular weight is 330 g/mol. The third-order valence-electron chi connectivity index (χ3n) is 3.02. The van der Waals surface area contributed by atoms with E-state index in [1.165, 1.54) is 18.4 Å². The van der Waals surface area contributed by atoms with E-state index in [2.05, 4.69) is 5.32 Å². The summed E-state index contributed by atoms with van der Waals surface area (Å²) in [6, 6.07) is 8.46. The smallest absolute Gasteiger partial charge is 0.338 e. The number of methoxy groups -OCH3 is 1. The van der Waals surface area contributed by atoms with Crippen molar-refractivity contribution in [1.82, 2.24) is 0 Å². The number of rotatable bonds is 5. The van der Waals surface area contributed by atoms with E-state index in [1.807, 2.05) is 13.0 Å². The minimum absolute atomic E-state index is 0.300. The molecule has 1 aromatic carbocycles. The van der Waals surface area contributed by atoms with Crippen LogP contribution in [-0.4, -0.2) is 25.6 Å². The second-order valence-electron chi connectivity index (χ2n) is 4.58. The number of esters is 1. The van der Waals surface area contributed by atoms with Crippen molar-refractivity contribution < 1.29 is 19.1 Å². The molecule has 6 nitrogen and oxygen atoms in total. The van der Waals surface area contributed by atoms with Gasteiger partial charge in [0.25, 0.3) is 5.91 Å². The van der Waals surface area contributed by atoms with Crippen molar-refractivity contribution in [2.24, 2.45) is 0 Å². The molecule has 0 saturated carbocycles. The zero-order chi connectivity index (χ0) is 16.8. The zero-order valence-electron chi connectivity index (χ0n) is 12.6. The number of anilines is 1. The van der Waals surface area contributed by atoms with Gasteiger partial charge in [-0.15, -0.1) is 11.3 Å². The highest BCUT2D eigenvalue weighted by atomic mass is 32.1. The maximum absolute atomic E-state index is 11.9. The van der Waals surface area contributed by atoms with Crippen molar-refractivity contribution in [1.29, 1.82) is 5.26 Å². The Morgan fingerprint density at radius 1 is 1.35 bits per heavy atom. The average Bonchev–Trinajstić information content (AvgIpc) is 3.00. The topological polar surface area (TPSA) is 88.4 Å². The van der Waals surface area contributed by atoms with Crippen LogP contribution < -0.4 is 10.1 Å². The molecule has 7 heteroatoms. The number of thiophene rings is 1. The van der Waals surface area contributed by atoms with Gasteiger partial charge in [0.15, 0.2) is 6.61 Å². The molecule has 1 heterocycles. The van der Waals surface area contributed by atoms with E-state index in [4.69, 9.17) is 14.7 Å². The van der Waals surface area contributed by atoms with Gasteiger partial charge in [0.2, 0.25) is 0 Å². The molecule has 1 amide bonds. The molecule has 2 aromatic rings. The molecule has 0 aliphatic carbocycles. The zero-order valence-corrected chi connectivity index (χ0v) is 13.4. The van der Waals surface area contributed by atoms with Crippen LogP contribution in [0.1, 0.15) is 21.5 Å². The van der Waals surface area contributed by atoms with E-state index in [1.54, 1.807) is 29.6 Å². The fraction of sp³-hybridized carbons (Fsp3) is 0.188. The minimum Gasteiger partial charge on any atom is -0.496 e. The number of nitrogens with zero attached hydrogens (tertiary/aromatic N) is 1. The summed E-state index contributed by atoms with van der Waals surface area (Å²) in [7, 11) is 1.51. The lowest BCUT2D eigenvalue weighted by Gasteiger charge is -2.08. The van der Waals surface area contributed by atoms with Gasteiger partial charge in [0.1, 0.15) is 16.8 Å². The Morgan fingerprint density at radius 2 is 2.13 bits per heavy atom. The fourth-order valence-corrected chi connectivity index (χ4v) is 2.57. The predicted octanol–water partition coefficient (Wildman–Crippen LogP) is 2.73. The van der Waals surface area contributed by atoms with Crippen LogP contribution in [0.25, 0.3) is 0 Å². The molecule has 1 N–H and O–H groups in total. The molecule has 2 rings (SSSR count). The fourth-order valence-electron chi connectivity index (χ4n) is 1.82. The highest BCUT2D eigenvalue weighted by Gasteiger charge is 2.13. The molecule has 0 fully saturated rings. The van der Waals surface area contributed by atoms with Gasteiger partial charge in [-0.05, 0) is 36.1 Å². The van der Waals surface area contributed by atoms with Crippen molar-refractivity contribution in [3.63, 3.8) is 0 Å². The van der Waals surface area contributed by atoms with Crippen LogP contribution >= 0.6 is 11.3 Å². The van der Waals surface area contributed by atoms with Gasteiger partial charge in [-0.25, -0.2) is 4.79 Å². The molecule has 118 valence electrons. The Labute approximate surface area is 137 Å². The van der Waals surface area contributed by atoms with Crippen LogP contribution in [0.5, 0.6) is 5.75 Å². The van der Waals surface area contributed by atoms with Crippen molar-refractivity contribution >= 4 is 28.2 Å². The molecule has 0 atom stereocenters. The molecule has 0 spiro atoms. The number of hydrogen-bond donors (Lipinski definition) is 1. The maximum Gasteiger partial charge on any atom is 0.338 e. The van der Waals surface area contributed by atoms with E-state index < -0.39 is 18.5 Å². The van der Waals surface area contributed by atoms with E-state index in [9.17, 15) is 9.59 Å². The third-order valence-corrected chi connectivity index (χ3v) is 3.85. The largest absolute Gasteiger partial charge is 0.496 e. The SMILES string of the molecule is COc1cc(C(=O)OCC(=O)Nc2sccc2C#N)ccc1C. The number of nitrogens with one attached hydrogen (secondary N) is 1. The van der Waals surface area contributed by atoms with Gasteiger partial charge in [-0.1, -0.05) is 6.07 Å². The Morgan fingerprint density at radius 3 is 2.83 bits per heavy atom. The van der Waals surface area contributed by atoms with Gasteiger partial charge in [-0.3, -0.25) is 4.79 Å². The maximum atomic E-state index is 11.9. The Kier molecular flexibility index (Phi) is 5.33. The Hall–Kier alpha value is -2.85. The summed E-state index contributed by atoms with van der Waals surface area (Å²) >= 11 is 1.23. The number of nitriles is 1. The van der Waals surface area contributed by atoms with E-state index in [-0.39, 0.29) is 0 Å². The summed E-state index contributed by atoms with van der Waals surface area (Å²) in [6.45, 7) is 1.42. The molecule has 0 aliphatic rings. The van der Waals surface area contributed by atoms with Crippen LogP contribution in [0.15, 0.2) is 29.6 Å². The normalized spacial score (nSPS) is 9.78. The summed E-state index contributed by atoms with van der Waals surface area (Å²) in [6.07, 6.45) is 0. The van der Waals surface area contributed by atoms with Crippen LogP contribution in [0, 0.1) is 18.3 Å². The van der Waals surface area contributed by atoms with Gasteiger partial charge in [0, 0.05) is 0 Å². The number of carbonyl (C=O) groups excluding carboxylic acids is 2.